The number of carbonyl (C=O) groups excluding carboxylic acids is 1. The van der Waals surface area contributed by atoms with Gasteiger partial charge in [0.15, 0.2) is 6.61 Å². The van der Waals surface area contributed by atoms with E-state index >= 15 is 0 Å². The standard InChI is InChI=1S/C21H24N2O2/c1-15-7-3-6-10-20(15)25-14-21(24)23-22-16(2)18-12-11-17-8-4-5-9-19(17)13-18/h3,6-7,10-13H,4-5,8-9,14H2,1-2H3,(H,23,24)/b22-16+. The van der Waals surface area contributed by atoms with Crippen LogP contribution >= 0.6 is 0 Å². The molecule has 0 radical (unpaired) electrons. The predicted octanol–water partition coefficient (Wildman–Crippen LogP) is 3.79. The lowest BCUT2D eigenvalue weighted by atomic mass is 9.90. The molecule has 25 heavy (non-hydrogen) atoms. The van der Waals surface area contributed by atoms with Gasteiger partial charge in [-0.25, -0.2) is 5.43 Å². The van der Waals surface area contributed by atoms with E-state index in [1.54, 1.807) is 0 Å². The number of carbonyl (C=O) groups is 1. The summed E-state index contributed by atoms with van der Waals surface area (Å²) in [5.74, 6) is 0.452. The quantitative estimate of drug-likeness (QED) is 0.667. The van der Waals surface area contributed by atoms with E-state index in [1.807, 2.05) is 38.1 Å². The van der Waals surface area contributed by atoms with Crippen LogP contribution in [0.25, 0.3) is 0 Å². The molecule has 0 fully saturated rings. The van der Waals surface area contributed by atoms with Gasteiger partial charge in [0.2, 0.25) is 0 Å². The van der Waals surface area contributed by atoms with Gasteiger partial charge in [-0.2, -0.15) is 5.10 Å². The summed E-state index contributed by atoms with van der Waals surface area (Å²) in [6, 6.07) is 14.1. The molecule has 0 bridgehead atoms. The summed E-state index contributed by atoms with van der Waals surface area (Å²) >= 11 is 0. The molecule has 1 N–H and O–H groups in total. The van der Waals surface area contributed by atoms with E-state index in [0.29, 0.717) is 5.75 Å². The van der Waals surface area contributed by atoms with Crippen molar-refractivity contribution in [1.29, 1.82) is 0 Å². The second-order valence-corrected chi connectivity index (χ2v) is 6.48. The second-order valence-electron chi connectivity index (χ2n) is 6.48. The molecule has 0 unspecified atom stereocenters. The van der Waals surface area contributed by atoms with E-state index in [2.05, 4.69) is 28.7 Å². The number of para-hydroxylation sites is 1. The van der Waals surface area contributed by atoms with Crippen molar-refractivity contribution in [1.82, 2.24) is 5.43 Å². The maximum atomic E-state index is 12.0. The van der Waals surface area contributed by atoms with E-state index in [-0.39, 0.29) is 12.5 Å². The molecule has 0 saturated heterocycles. The Morgan fingerprint density at radius 3 is 2.68 bits per heavy atom. The number of ether oxygens (including phenoxy) is 1. The van der Waals surface area contributed by atoms with E-state index in [1.165, 1.54) is 30.4 Å². The topological polar surface area (TPSA) is 50.7 Å². The molecule has 0 heterocycles. The van der Waals surface area contributed by atoms with Crippen LogP contribution in [0.1, 0.15) is 42.0 Å². The number of hydrogen-bond acceptors (Lipinski definition) is 3. The zero-order chi connectivity index (χ0) is 17.6. The minimum atomic E-state index is -0.263. The van der Waals surface area contributed by atoms with Gasteiger partial charge in [0, 0.05) is 0 Å². The van der Waals surface area contributed by atoms with Crippen LogP contribution < -0.4 is 10.2 Å². The first-order valence-corrected chi connectivity index (χ1v) is 8.77. The SMILES string of the molecule is C/C(=N\NC(=O)COc1ccccc1C)c1ccc2c(c1)CCCC2. The smallest absolute Gasteiger partial charge is 0.277 e. The van der Waals surface area contributed by atoms with Gasteiger partial charge in [-0.1, -0.05) is 30.3 Å². The lowest BCUT2D eigenvalue weighted by Gasteiger charge is -2.16. The fourth-order valence-electron chi connectivity index (χ4n) is 3.06. The summed E-state index contributed by atoms with van der Waals surface area (Å²) in [6.07, 6.45) is 4.82. The fourth-order valence-corrected chi connectivity index (χ4v) is 3.06. The normalized spacial score (nSPS) is 13.9. The Morgan fingerprint density at radius 1 is 1.12 bits per heavy atom. The number of rotatable bonds is 5. The predicted molar refractivity (Wildman–Crippen MR) is 100 cm³/mol. The number of hydrogen-bond donors (Lipinski definition) is 1. The largest absolute Gasteiger partial charge is 0.483 e. The van der Waals surface area contributed by atoms with Crippen LogP contribution in [0.5, 0.6) is 5.75 Å². The third kappa shape index (κ3) is 4.47. The molecular weight excluding hydrogens is 312 g/mol. The molecule has 0 aliphatic heterocycles. The number of aryl methyl sites for hydroxylation is 3. The van der Waals surface area contributed by atoms with E-state index in [0.717, 1.165) is 23.3 Å². The maximum Gasteiger partial charge on any atom is 0.277 e. The molecule has 3 rings (SSSR count). The highest BCUT2D eigenvalue weighted by molar-refractivity contribution is 5.99. The van der Waals surface area contributed by atoms with Crippen LogP contribution in [0, 0.1) is 6.92 Å². The average Bonchev–Trinajstić information content (AvgIpc) is 2.65. The highest BCUT2D eigenvalue weighted by Crippen LogP contribution is 2.22. The van der Waals surface area contributed by atoms with Gasteiger partial charge < -0.3 is 4.74 Å². The molecule has 2 aromatic carbocycles. The summed E-state index contributed by atoms with van der Waals surface area (Å²) in [5.41, 5.74) is 8.29. The van der Waals surface area contributed by atoms with Crippen LogP contribution in [0.3, 0.4) is 0 Å². The molecule has 0 saturated carbocycles. The van der Waals surface area contributed by atoms with Crippen molar-refractivity contribution in [3.05, 3.63) is 64.7 Å². The molecule has 4 heteroatoms. The lowest BCUT2D eigenvalue weighted by Crippen LogP contribution is -2.25. The number of nitrogens with one attached hydrogen (secondary N) is 1. The van der Waals surface area contributed by atoms with Crippen LogP contribution in [-0.4, -0.2) is 18.2 Å². The minimum absolute atomic E-state index is 0.0498. The van der Waals surface area contributed by atoms with Crippen molar-refractivity contribution in [2.45, 2.75) is 39.5 Å². The lowest BCUT2D eigenvalue weighted by molar-refractivity contribution is -0.123. The van der Waals surface area contributed by atoms with E-state index in [4.69, 9.17) is 4.74 Å². The fraction of sp³-hybridized carbons (Fsp3) is 0.333. The second kappa shape index (κ2) is 7.97. The summed E-state index contributed by atoms with van der Waals surface area (Å²) < 4.78 is 5.53. The van der Waals surface area contributed by atoms with E-state index in [9.17, 15) is 4.79 Å². The van der Waals surface area contributed by atoms with Crippen molar-refractivity contribution in [2.75, 3.05) is 6.61 Å². The van der Waals surface area contributed by atoms with Crippen LogP contribution in [0.2, 0.25) is 0 Å². The molecule has 0 aromatic heterocycles. The number of hydrazone groups is 1. The molecule has 2 aromatic rings. The maximum absolute atomic E-state index is 12.0. The monoisotopic (exact) mass is 336 g/mol. The third-order valence-electron chi connectivity index (χ3n) is 4.57. The highest BCUT2D eigenvalue weighted by Gasteiger charge is 2.10. The van der Waals surface area contributed by atoms with Crippen molar-refractivity contribution in [3.63, 3.8) is 0 Å². The molecular formula is C21H24N2O2. The van der Waals surface area contributed by atoms with Crippen LogP contribution in [-0.2, 0) is 17.6 Å². The zero-order valence-corrected chi connectivity index (χ0v) is 14.8. The Balaban J connectivity index is 1.57. The molecule has 0 spiro atoms. The molecule has 130 valence electrons. The van der Waals surface area contributed by atoms with E-state index < -0.39 is 0 Å². The van der Waals surface area contributed by atoms with Crippen molar-refractivity contribution < 1.29 is 9.53 Å². The Labute approximate surface area is 148 Å². The van der Waals surface area contributed by atoms with Gasteiger partial charge in [0.05, 0.1) is 5.71 Å². The molecule has 1 aliphatic rings. The van der Waals surface area contributed by atoms with Gasteiger partial charge in [0.1, 0.15) is 5.75 Å². The molecule has 4 nitrogen and oxygen atoms in total. The first kappa shape index (κ1) is 17.2. The molecule has 1 amide bonds. The van der Waals surface area contributed by atoms with Crippen molar-refractivity contribution >= 4 is 11.6 Å². The van der Waals surface area contributed by atoms with Gasteiger partial charge in [-0.3, -0.25) is 4.79 Å². The summed E-state index contributed by atoms with van der Waals surface area (Å²) in [4.78, 5) is 12.0. The number of amides is 1. The van der Waals surface area contributed by atoms with Crippen molar-refractivity contribution in [3.8, 4) is 5.75 Å². The first-order valence-electron chi connectivity index (χ1n) is 8.77. The summed E-state index contributed by atoms with van der Waals surface area (Å²) in [7, 11) is 0. The first-order chi connectivity index (χ1) is 12.1. The van der Waals surface area contributed by atoms with Gasteiger partial charge >= 0.3 is 0 Å². The van der Waals surface area contributed by atoms with Gasteiger partial charge in [-0.15, -0.1) is 0 Å². The Kier molecular flexibility index (Phi) is 5.49. The Hall–Kier alpha value is -2.62. The third-order valence-corrected chi connectivity index (χ3v) is 4.57. The van der Waals surface area contributed by atoms with Crippen molar-refractivity contribution in [2.24, 2.45) is 5.10 Å². The summed E-state index contributed by atoms with van der Waals surface area (Å²) in [6.45, 7) is 3.81. The minimum Gasteiger partial charge on any atom is -0.483 e. The highest BCUT2D eigenvalue weighted by atomic mass is 16.5. The van der Waals surface area contributed by atoms with Crippen LogP contribution in [0.15, 0.2) is 47.6 Å². The number of nitrogens with zero attached hydrogens (tertiary/aromatic N) is 1. The molecule has 0 atom stereocenters. The molecule has 1 aliphatic carbocycles. The Morgan fingerprint density at radius 2 is 1.88 bits per heavy atom. The summed E-state index contributed by atoms with van der Waals surface area (Å²) in [5, 5.41) is 4.22. The average molecular weight is 336 g/mol. The zero-order valence-electron chi connectivity index (χ0n) is 14.8. The van der Waals surface area contributed by atoms with Gasteiger partial charge in [-0.05, 0) is 73.9 Å². The number of fused-ring (bicyclic) bond motifs is 1. The Bertz CT molecular complexity index is 796. The van der Waals surface area contributed by atoms with Crippen LogP contribution in [0.4, 0.5) is 0 Å². The van der Waals surface area contributed by atoms with Gasteiger partial charge in [0.25, 0.3) is 5.91 Å². The number of benzene rings is 2.